The maximum absolute atomic E-state index is 15.1. The standard InChI is InChI=1S/C25H28FN7O5/c1-13(2)27-25(35)38-20-12-37-23(22(20)26)17-9-21(31-30-17)29-24-19-8-15(11-34)32-33(19)10-18(28-24)14-5-4-6-16(7-14)36-3/h4-10,13,20,22-23,34H,11-12H2,1-3H3,(H,27,35)(H2,28,29,30,31)/t20-,22+,23-/m1/s1. The van der Waals surface area contributed by atoms with Crippen LogP contribution >= 0.6 is 0 Å². The first kappa shape index (κ1) is 25.4. The lowest BCUT2D eigenvalue weighted by atomic mass is 10.1. The smallest absolute Gasteiger partial charge is 0.407 e. The number of alkyl carbamates (subject to hydrolysis) is 1. The van der Waals surface area contributed by atoms with Gasteiger partial charge in [0.1, 0.15) is 17.4 Å². The zero-order valence-corrected chi connectivity index (χ0v) is 21.0. The van der Waals surface area contributed by atoms with Gasteiger partial charge in [0.25, 0.3) is 0 Å². The predicted molar refractivity (Wildman–Crippen MR) is 135 cm³/mol. The van der Waals surface area contributed by atoms with Crippen LogP contribution in [0.5, 0.6) is 5.75 Å². The summed E-state index contributed by atoms with van der Waals surface area (Å²) in [7, 11) is 1.59. The lowest BCUT2D eigenvalue weighted by molar-refractivity contribution is 0.0615. The predicted octanol–water partition coefficient (Wildman–Crippen LogP) is 3.28. The van der Waals surface area contributed by atoms with Gasteiger partial charge in [-0.2, -0.15) is 10.2 Å². The number of fused-ring (bicyclic) bond motifs is 1. The Labute approximate surface area is 217 Å². The Morgan fingerprint density at radius 1 is 1.34 bits per heavy atom. The van der Waals surface area contributed by atoms with Gasteiger partial charge in [0.2, 0.25) is 0 Å². The first-order valence-corrected chi connectivity index (χ1v) is 12.0. The molecule has 1 fully saturated rings. The number of anilines is 2. The number of hydrogen-bond acceptors (Lipinski definition) is 9. The van der Waals surface area contributed by atoms with Crippen molar-refractivity contribution >= 4 is 23.2 Å². The van der Waals surface area contributed by atoms with E-state index in [4.69, 9.17) is 19.2 Å². The molecule has 4 heterocycles. The number of methoxy groups -OCH3 is 1. The molecule has 0 spiro atoms. The van der Waals surface area contributed by atoms with E-state index in [2.05, 4.69) is 25.9 Å². The second-order valence-corrected chi connectivity index (χ2v) is 9.10. The molecular formula is C25H28FN7O5. The second kappa shape index (κ2) is 10.6. The fourth-order valence-corrected chi connectivity index (χ4v) is 4.15. The lowest BCUT2D eigenvalue weighted by Crippen LogP contribution is -2.36. The van der Waals surface area contributed by atoms with Crippen molar-refractivity contribution in [3.63, 3.8) is 0 Å². The van der Waals surface area contributed by atoms with E-state index in [0.717, 1.165) is 5.56 Å². The number of halogens is 1. The Bertz CT molecular complexity index is 1440. The van der Waals surface area contributed by atoms with Gasteiger partial charge in [0.15, 0.2) is 23.9 Å². The molecule has 3 atom stereocenters. The number of aromatic nitrogens is 5. The summed E-state index contributed by atoms with van der Waals surface area (Å²) in [5.41, 5.74) is 2.85. The van der Waals surface area contributed by atoms with Crippen LogP contribution in [0.15, 0.2) is 42.6 Å². The molecule has 4 aromatic rings. The van der Waals surface area contributed by atoms with Crippen LogP contribution in [0.3, 0.4) is 0 Å². The van der Waals surface area contributed by atoms with Crippen LogP contribution in [0.2, 0.25) is 0 Å². The summed E-state index contributed by atoms with van der Waals surface area (Å²) in [5.74, 6) is 1.46. The van der Waals surface area contributed by atoms with E-state index in [0.29, 0.717) is 40.0 Å². The van der Waals surface area contributed by atoms with Crippen LogP contribution in [0.4, 0.5) is 20.8 Å². The number of carbonyl (C=O) groups is 1. The van der Waals surface area contributed by atoms with Gasteiger partial charge in [0, 0.05) is 17.7 Å². The molecule has 1 saturated heterocycles. The number of aromatic amines is 1. The minimum absolute atomic E-state index is 0.0797. The molecule has 4 N–H and O–H groups in total. The van der Waals surface area contributed by atoms with Crippen LogP contribution < -0.4 is 15.4 Å². The highest BCUT2D eigenvalue weighted by Gasteiger charge is 2.42. The quantitative estimate of drug-likeness (QED) is 0.272. The fourth-order valence-electron chi connectivity index (χ4n) is 4.15. The third-order valence-corrected chi connectivity index (χ3v) is 5.93. The number of hydrogen-bond donors (Lipinski definition) is 4. The molecule has 13 heteroatoms. The van der Waals surface area contributed by atoms with E-state index < -0.39 is 24.5 Å². The van der Waals surface area contributed by atoms with Gasteiger partial charge in [-0.15, -0.1) is 0 Å². The number of aliphatic hydroxyl groups excluding tert-OH is 1. The van der Waals surface area contributed by atoms with E-state index in [9.17, 15) is 9.90 Å². The Morgan fingerprint density at radius 3 is 2.95 bits per heavy atom. The molecule has 0 saturated carbocycles. The third kappa shape index (κ3) is 5.24. The van der Waals surface area contributed by atoms with Crippen molar-refractivity contribution in [3.8, 4) is 17.0 Å². The largest absolute Gasteiger partial charge is 0.497 e. The number of amides is 1. The highest BCUT2D eigenvalue weighted by atomic mass is 19.1. The molecule has 0 unspecified atom stereocenters. The zero-order chi connectivity index (χ0) is 26.8. The number of alkyl halides is 1. The van der Waals surface area contributed by atoms with Gasteiger partial charge in [-0.1, -0.05) is 12.1 Å². The molecule has 0 aliphatic carbocycles. The number of benzene rings is 1. The third-order valence-electron chi connectivity index (χ3n) is 5.93. The molecule has 5 rings (SSSR count). The first-order valence-electron chi connectivity index (χ1n) is 12.0. The van der Waals surface area contributed by atoms with Gasteiger partial charge < -0.3 is 30.0 Å². The maximum Gasteiger partial charge on any atom is 0.407 e. The molecule has 12 nitrogen and oxygen atoms in total. The van der Waals surface area contributed by atoms with Crippen molar-refractivity contribution in [3.05, 3.63) is 54.0 Å². The summed E-state index contributed by atoms with van der Waals surface area (Å²) in [5, 5.41) is 26.8. The molecule has 1 aliphatic rings. The Hall–Kier alpha value is -4.23. The Balaban J connectivity index is 1.39. The van der Waals surface area contributed by atoms with Crippen molar-refractivity contribution in [1.29, 1.82) is 0 Å². The average Bonchev–Trinajstić information content (AvgIpc) is 3.62. The summed E-state index contributed by atoms with van der Waals surface area (Å²) < 4.78 is 32.8. The number of aliphatic hydroxyl groups is 1. The van der Waals surface area contributed by atoms with Gasteiger partial charge in [-0.05, 0) is 32.0 Å². The molecule has 38 heavy (non-hydrogen) atoms. The topological polar surface area (TPSA) is 148 Å². The van der Waals surface area contributed by atoms with Crippen molar-refractivity contribution in [2.75, 3.05) is 19.0 Å². The van der Waals surface area contributed by atoms with E-state index in [-0.39, 0.29) is 19.3 Å². The summed E-state index contributed by atoms with van der Waals surface area (Å²) in [6.45, 7) is 3.25. The lowest BCUT2D eigenvalue weighted by Gasteiger charge is -2.16. The number of carbonyl (C=O) groups excluding carboxylic acids is 1. The van der Waals surface area contributed by atoms with Crippen molar-refractivity contribution in [2.24, 2.45) is 0 Å². The van der Waals surface area contributed by atoms with Gasteiger partial charge in [-0.3, -0.25) is 5.10 Å². The highest BCUT2D eigenvalue weighted by Crippen LogP contribution is 2.34. The first-order chi connectivity index (χ1) is 18.3. The van der Waals surface area contributed by atoms with Crippen molar-refractivity contribution in [2.45, 2.75) is 44.9 Å². The van der Waals surface area contributed by atoms with E-state index >= 15 is 4.39 Å². The van der Waals surface area contributed by atoms with Crippen LogP contribution in [0.1, 0.15) is 31.3 Å². The van der Waals surface area contributed by atoms with E-state index in [1.54, 1.807) is 43.8 Å². The molecule has 200 valence electrons. The molecule has 1 amide bonds. The molecule has 0 bridgehead atoms. The van der Waals surface area contributed by atoms with Crippen LogP contribution in [0.25, 0.3) is 16.8 Å². The summed E-state index contributed by atoms with van der Waals surface area (Å²) in [6.07, 6.45) is -2.55. The summed E-state index contributed by atoms with van der Waals surface area (Å²) in [4.78, 5) is 16.6. The Morgan fingerprint density at radius 2 is 2.18 bits per heavy atom. The summed E-state index contributed by atoms with van der Waals surface area (Å²) in [6, 6.07) is 10.6. The molecular weight excluding hydrogens is 497 g/mol. The summed E-state index contributed by atoms with van der Waals surface area (Å²) >= 11 is 0. The minimum atomic E-state index is -1.58. The van der Waals surface area contributed by atoms with Crippen LogP contribution in [-0.2, 0) is 16.1 Å². The van der Waals surface area contributed by atoms with E-state index in [1.807, 2.05) is 24.3 Å². The molecule has 0 radical (unpaired) electrons. The van der Waals surface area contributed by atoms with Gasteiger partial charge >= 0.3 is 6.09 Å². The molecule has 3 aromatic heterocycles. The fraction of sp³-hybridized carbons (Fsp3) is 0.360. The van der Waals surface area contributed by atoms with E-state index in [1.165, 1.54) is 0 Å². The van der Waals surface area contributed by atoms with Crippen molar-refractivity contribution < 1.29 is 28.5 Å². The van der Waals surface area contributed by atoms with Crippen molar-refractivity contribution in [1.82, 2.24) is 30.1 Å². The SMILES string of the molecule is COc1cccc(-c2cn3nc(CO)cc3c(Nc3cc([C@H]4OC[C@@H](OC(=O)NC(C)C)[C@@H]4F)[nH]n3)n2)c1. The minimum Gasteiger partial charge on any atom is -0.497 e. The second-order valence-electron chi connectivity index (χ2n) is 9.10. The number of nitrogens with zero attached hydrogens (tertiary/aromatic N) is 4. The Kier molecular flexibility index (Phi) is 7.11. The number of nitrogens with one attached hydrogen (secondary N) is 3. The maximum atomic E-state index is 15.1. The molecule has 1 aromatic carbocycles. The number of rotatable bonds is 8. The van der Waals surface area contributed by atoms with Gasteiger partial charge in [0.05, 0.1) is 43.6 Å². The number of ether oxygens (including phenoxy) is 3. The number of H-pyrrole nitrogens is 1. The van der Waals surface area contributed by atoms with Crippen LogP contribution in [0, 0.1) is 0 Å². The highest BCUT2D eigenvalue weighted by molar-refractivity contribution is 5.76. The average molecular weight is 526 g/mol. The normalized spacial score (nSPS) is 19.2. The van der Waals surface area contributed by atoms with Gasteiger partial charge in [-0.25, -0.2) is 18.7 Å². The van der Waals surface area contributed by atoms with Crippen LogP contribution in [-0.4, -0.2) is 68.0 Å². The zero-order valence-electron chi connectivity index (χ0n) is 21.0. The molecule has 1 aliphatic heterocycles. The monoisotopic (exact) mass is 525 g/mol.